The molecule has 6 heteroatoms. The molecule has 29 heavy (non-hydrogen) atoms. The number of carbonyl (C=O) groups excluding carboxylic acids is 2. The summed E-state index contributed by atoms with van der Waals surface area (Å²) in [6.45, 7) is 3.95. The smallest absolute Gasteiger partial charge is 0.295 e. The Balaban J connectivity index is 1.61. The van der Waals surface area contributed by atoms with E-state index in [0.717, 1.165) is 31.2 Å². The van der Waals surface area contributed by atoms with Crippen LogP contribution in [-0.2, 0) is 14.3 Å². The summed E-state index contributed by atoms with van der Waals surface area (Å²) in [5.41, 5.74) is 1.34. The Labute approximate surface area is 169 Å². The number of nitrogens with zero attached hydrogens (tertiary/aromatic N) is 2. The molecule has 0 bridgehead atoms. The minimum absolute atomic E-state index is 0.0549. The number of aromatic nitrogens is 1. The highest BCUT2D eigenvalue weighted by Crippen LogP contribution is 2.49. The van der Waals surface area contributed by atoms with Crippen LogP contribution in [0.1, 0.15) is 50.0 Å². The molecule has 2 aromatic rings. The minimum atomic E-state index is -0.543. The van der Waals surface area contributed by atoms with E-state index >= 15 is 0 Å². The molecule has 1 saturated carbocycles. The fraction of sp³-hybridized carbons (Fsp3) is 0.435. The van der Waals surface area contributed by atoms with Gasteiger partial charge in [0.05, 0.1) is 17.5 Å². The molecule has 5 rings (SSSR count). The number of ether oxygens (including phenoxy) is 1. The second-order valence-electron chi connectivity index (χ2n) is 8.24. The monoisotopic (exact) mass is 392 g/mol. The van der Waals surface area contributed by atoms with Crippen molar-refractivity contribution in [3.05, 3.63) is 59.1 Å². The van der Waals surface area contributed by atoms with Gasteiger partial charge in [-0.3, -0.25) is 14.5 Å². The number of anilines is 1. The maximum atomic E-state index is 13.7. The summed E-state index contributed by atoms with van der Waals surface area (Å²) < 4.78 is 11.4. The molecule has 0 radical (unpaired) electrons. The standard InChI is InChI=1S/C23H24N2O4/c1-3-14-9-10-17-16(12-14)21(26)19-20(15-7-5-4-6-8-15)25(23(27)22(19)28-17)18-11-13(2)29-24-18/h4-8,11,14,16-17,20H,3,9-10,12H2,1-2H3. The van der Waals surface area contributed by atoms with Crippen LogP contribution in [0.4, 0.5) is 5.82 Å². The van der Waals surface area contributed by atoms with Gasteiger partial charge in [-0.2, -0.15) is 0 Å². The van der Waals surface area contributed by atoms with Gasteiger partial charge in [-0.15, -0.1) is 0 Å². The SMILES string of the molecule is CCC1CCC2OC3=C(C(=O)C2C1)C(c1ccccc1)N(c1cc(C)on1)C3=O. The molecule has 6 nitrogen and oxygen atoms in total. The Morgan fingerprint density at radius 3 is 2.66 bits per heavy atom. The lowest BCUT2D eigenvalue weighted by molar-refractivity contribution is -0.132. The summed E-state index contributed by atoms with van der Waals surface area (Å²) in [4.78, 5) is 28.6. The average Bonchev–Trinajstić information content (AvgIpc) is 3.30. The second-order valence-corrected chi connectivity index (χ2v) is 8.24. The number of carbonyl (C=O) groups is 2. The van der Waals surface area contributed by atoms with Crippen LogP contribution in [0.3, 0.4) is 0 Å². The number of aryl methyl sites for hydroxylation is 1. The van der Waals surface area contributed by atoms with Crippen LogP contribution in [0.15, 0.2) is 52.3 Å². The van der Waals surface area contributed by atoms with E-state index in [1.807, 2.05) is 30.3 Å². The van der Waals surface area contributed by atoms with Crippen LogP contribution in [-0.4, -0.2) is 23.0 Å². The molecule has 4 atom stereocenters. The molecule has 1 amide bonds. The predicted octanol–water partition coefficient (Wildman–Crippen LogP) is 4.12. The number of benzene rings is 1. The van der Waals surface area contributed by atoms with Gasteiger partial charge in [0.15, 0.2) is 17.4 Å². The lowest BCUT2D eigenvalue weighted by atomic mass is 9.73. The first-order valence-electron chi connectivity index (χ1n) is 10.3. The van der Waals surface area contributed by atoms with Crippen molar-refractivity contribution in [2.45, 2.75) is 51.7 Å². The molecule has 0 spiro atoms. The number of fused-ring (bicyclic) bond motifs is 1. The van der Waals surface area contributed by atoms with E-state index in [9.17, 15) is 9.59 Å². The fourth-order valence-electron chi connectivity index (χ4n) is 4.98. The lowest BCUT2D eigenvalue weighted by Crippen LogP contribution is -2.41. The summed E-state index contributed by atoms with van der Waals surface area (Å²) >= 11 is 0. The summed E-state index contributed by atoms with van der Waals surface area (Å²) in [6, 6.07) is 10.8. The highest BCUT2D eigenvalue weighted by Gasteiger charge is 2.53. The third kappa shape index (κ3) is 2.81. The highest BCUT2D eigenvalue weighted by molar-refractivity contribution is 6.17. The highest BCUT2D eigenvalue weighted by atomic mass is 16.5. The molecule has 3 heterocycles. The van der Waals surface area contributed by atoms with Crippen LogP contribution in [0.2, 0.25) is 0 Å². The fourth-order valence-corrected chi connectivity index (χ4v) is 4.98. The number of ketones is 1. The van der Waals surface area contributed by atoms with E-state index in [1.54, 1.807) is 17.9 Å². The zero-order valence-electron chi connectivity index (χ0n) is 16.6. The zero-order valence-corrected chi connectivity index (χ0v) is 16.6. The van der Waals surface area contributed by atoms with E-state index in [4.69, 9.17) is 9.26 Å². The largest absolute Gasteiger partial charge is 0.483 e. The van der Waals surface area contributed by atoms with Crippen molar-refractivity contribution in [3.63, 3.8) is 0 Å². The van der Waals surface area contributed by atoms with Gasteiger partial charge in [-0.05, 0) is 37.7 Å². The van der Waals surface area contributed by atoms with Crippen LogP contribution >= 0.6 is 0 Å². The maximum Gasteiger partial charge on any atom is 0.295 e. The van der Waals surface area contributed by atoms with E-state index in [-0.39, 0.29) is 29.5 Å². The van der Waals surface area contributed by atoms with Crippen LogP contribution in [0.25, 0.3) is 0 Å². The number of rotatable bonds is 3. The van der Waals surface area contributed by atoms with E-state index < -0.39 is 6.04 Å². The summed E-state index contributed by atoms with van der Waals surface area (Å²) in [6.07, 6.45) is 3.54. The summed E-state index contributed by atoms with van der Waals surface area (Å²) in [5, 5.41) is 4.06. The molecule has 1 aromatic heterocycles. The number of hydrogen-bond donors (Lipinski definition) is 0. The van der Waals surface area contributed by atoms with Crippen molar-refractivity contribution in [2.75, 3.05) is 4.90 Å². The molecule has 1 aromatic carbocycles. The number of Topliss-reactive ketones (excluding diaryl/α,β-unsaturated/α-hetero) is 1. The van der Waals surface area contributed by atoms with Gasteiger partial charge in [0.1, 0.15) is 11.9 Å². The van der Waals surface area contributed by atoms with Crippen LogP contribution < -0.4 is 4.90 Å². The van der Waals surface area contributed by atoms with Crippen molar-refractivity contribution in [1.29, 1.82) is 0 Å². The van der Waals surface area contributed by atoms with Gasteiger partial charge in [0.2, 0.25) is 0 Å². The topological polar surface area (TPSA) is 72.6 Å². The molecule has 0 saturated heterocycles. The second kappa shape index (κ2) is 6.87. The van der Waals surface area contributed by atoms with Gasteiger partial charge >= 0.3 is 0 Å². The molecule has 1 fully saturated rings. The third-order valence-corrected chi connectivity index (χ3v) is 6.51. The first-order chi connectivity index (χ1) is 14.1. The Bertz CT molecular complexity index is 993. The normalized spacial score (nSPS) is 29.0. The van der Waals surface area contributed by atoms with E-state index in [1.165, 1.54) is 0 Å². The van der Waals surface area contributed by atoms with Crippen LogP contribution in [0, 0.1) is 18.8 Å². The number of amides is 1. The van der Waals surface area contributed by atoms with Gasteiger partial charge < -0.3 is 9.26 Å². The first kappa shape index (κ1) is 18.2. The first-order valence-corrected chi connectivity index (χ1v) is 10.3. The van der Waals surface area contributed by atoms with E-state index in [2.05, 4.69) is 12.1 Å². The maximum absolute atomic E-state index is 13.7. The van der Waals surface area contributed by atoms with Crippen molar-refractivity contribution in [1.82, 2.24) is 5.16 Å². The quantitative estimate of drug-likeness (QED) is 0.786. The van der Waals surface area contributed by atoms with Crippen LogP contribution in [0.5, 0.6) is 0 Å². The Morgan fingerprint density at radius 2 is 1.97 bits per heavy atom. The minimum Gasteiger partial charge on any atom is -0.483 e. The molecule has 150 valence electrons. The average molecular weight is 392 g/mol. The molecule has 4 unspecified atom stereocenters. The number of hydrogen-bond acceptors (Lipinski definition) is 5. The van der Waals surface area contributed by atoms with Crippen molar-refractivity contribution < 1.29 is 18.8 Å². The van der Waals surface area contributed by atoms with Gasteiger partial charge in [-0.1, -0.05) is 48.8 Å². The summed E-state index contributed by atoms with van der Waals surface area (Å²) in [5.74, 6) is 1.31. The Kier molecular flexibility index (Phi) is 4.30. The molecule has 0 N–H and O–H groups in total. The third-order valence-electron chi connectivity index (χ3n) is 6.51. The predicted molar refractivity (Wildman–Crippen MR) is 106 cm³/mol. The van der Waals surface area contributed by atoms with E-state index in [0.29, 0.717) is 23.1 Å². The lowest BCUT2D eigenvalue weighted by Gasteiger charge is -2.38. The van der Waals surface area contributed by atoms with Gasteiger partial charge in [0, 0.05) is 6.07 Å². The Hall–Kier alpha value is -2.89. The Morgan fingerprint density at radius 1 is 1.17 bits per heavy atom. The van der Waals surface area contributed by atoms with Crippen molar-refractivity contribution in [2.24, 2.45) is 11.8 Å². The summed E-state index contributed by atoms with van der Waals surface area (Å²) in [7, 11) is 0. The molecule has 1 aliphatic carbocycles. The van der Waals surface area contributed by atoms with Gasteiger partial charge in [-0.25, -0.2) is 0 Å². The molecule has 3 aliphatic rings. The molecule has 2 aliphatic heterocycles. The van der Waals surface area contributed by atoms with Crippen molar-refractivity contribution in [3.8, 4) is 0 Å². The van der Waals surface area contributed by atoms with Crippen molar-refractivity contribution >= 4 is 17.5 Å². The zero-order chi connectivity index (χ0) is 20.1. The molecular formula is C23H24N2O4. The van der Waals surface area contributed by atoms with Gasteiger partial charge in [0.25, 0.3) is 5.91 Å². The molecular weight excluding hydrogens is 368 g/mol.